The quantitative estimate of drug-likeness (QED) is 0.681. The summed E-state index contributed by atoms with van der Waals surface area (Å²) < 4.78 is 0. The number of carbonyl (C=O) groups excluding carboxylic acids is 1. The van der Waals surface area contributed by atoms with E-state index in [2.05, 4.69) is 15.5 Å². The lowest BCUT2D eigenvalue weighted by molar-refractivity contribution is -0.139. The van der Waals surface area contributed by atoms with Crippen molar-refractivity contribution in [2.45, 2.75) is 33.2 Å². The molecular weight excluding hydrogens is 262 g/mol. The van der Waals surface area contributed by atoms with Gasteiger partial charge in [-0.25, -0.2) is 9.89 Å². The zero-order valence-electron chi connectivity index (χ0n) is 11.6. The number of aliphatic carboxylic acids is 1. The maximum Gasteiger partial charge on any atom is 0.326 e. The molecule has 0 radical (unpaired) electrons. The average Bonchev–Trinajstić information content (AvgIpc) is 2.39. The first-order valence-electron chi connectivity index (χ1n) is 6.09. The van der Waals surface area contributed by atoms with E-state index in [1.165, 1.54) is 0 Å². The molecule has 0 aliphatic carbocycles. The second-order valence-electron chi connectivity index (χ2n) is 4.31. The summed E-state index contributed by atoms with van der Waals surface area (Å²) in [5.74, 6) is -1.87. The lowest BCUT2D eigenvalue weighted by Crippen LogP contribution is -2.42. The van der Waals surface area contributed by atoms with Crippen LogP contribution in [0.5, 0.6) is 0 Å². The highest BCUT2D eigenvalue weighted by molar-refractivity contribution is 5.97. The first kappa shape index (κ1) is 15.6. The molecule has 108 valence electrons. The van der Waals surface area contributed by atoms with Crippen molar-refractivity contribution in [3.63, 3.8) is 0 Å². The number of allylic oxidation sites excluding steroid dienone is 1. The van der Waals surface area contributed by atoms with Gasteiger partial charge < -0.3 is 10.4 Å². The summed E-state index contributed by atoms with van der Waals surface area (Å²) in [6, 6.07) is -1.08. The van der Waals surface area contributed by atoms with Gasteiger partial charge in [-0.05, 0) is 32.8 Å². The van der Waals surface area contributed by atoms with E-state index in [1.54, 1.807) is 32.9 Å². The van der Waals surface area contributed by atoms with Crippen LogP contribution in [0.3, 0.4) is 0 Å². The third-order valence-electron chi connectivity index (χ3n) is 2.91. The number of hydrogen-bond acceptors (Lipinski definition) is 4. The predicted molar refractivity (Wildman–Crippen MR) is 72.7 cm³/mol. The van der Waals surface area contributed by atoms with Gasteiger partial charge in [-0.1, -0.05) is 12.2 Å². The molecule has 7 heteroatoms. The standard InChI is InChI=1S/C13H17N3O4/c1-4-5-6-9(13(19)20)14-11(17)10-7(2)8(3)15-16-12(10)18/h4-5,9H,6H2,1-3H3,(H,14,17)(H,16,18)(H,19,20)/b5-4+. The highest BCUT2D eigenvalue weighted by Crippen LogP contribution is 2.06. The number of aryl methyl sites for hydroxylation is 1. The maximum absolute atomic E-state index is 12.1. The van der Waals surface area contributed by atoms with Gasteiger partial charge in [0.25, 0.3) is 11.5 Å². The number of carbonyl (C=O) groups is 2. The Morgan fingerprint density at radius 1 is 1.45 bits per heavy atom. The van der Waals surface area contributed by atoms with Crippen molar-refractivity contribution >= 4 is 11.9 Å². The van der Waals surface area contributed by atoms with Gasteiger partial charge >= 0.3 is 5.97 Å². The molecule has 20 heavy (non-hydrogen) atoms. The summed E-state index contributed by atoms with van der Waals surface area (Å²) in [5.41, 5.74) is 0.196. The smallest absolute Gasteiger partial charge is 0.326 e. The molecule has 0 spiro atoms. The number of nitrogens with one attached hydrogen (secondary N) is 2. The monoisotopic (exact) mass is 279 g/mol. The van der Waals surface area contributed by atoms with Crippen molar-refractivity contribution in [2.24, 2.45) is 0 Å². The van der Waals surface area contributed by atoms with E-state index in [-0.39, 0.29) is 12.0 Å². The predicted octanol–water partition coefficient (Wildman–Crippen LogP) is 0.536. The van der Waals surface area contributed by atoms with Gasteiger partial charge in [0.05, 0.1) is 5.69 Å². The second-order valence-corrected chi connectivity index (χ2v) is 4.31. The van der Waals surface area contributed by atoms with Gasteiger partial charge in [0, 0.05) is 0 Å². The fraction of sp³-hybridized carbons (Fsp3) is 0.385. The van der Waals surface area contributed by atoms with E-state index in [4.69, 9.17) is 5.11 Å². The molecule has 1 heterocycles. The number of aromatic nitrogens is 2. The van der Waals surface area contributed by atoms with Crippen LogP contribution in [-0.4, -0.2) is 33.2 Å². The van der Waals surface area contributed by atoms with Crippen LogP contribution in [0.2, 0.25) is 0 Å². The Balaban J connectivity index is 3.04. The molecule has 0 saturated carbocycles. The Labute approximate surface area is 115 Å². The van der Waals surface area contributed by atoms with Crippen molar-refractivity contribution in [3.8, 4) is 0 Å². The molecule has 0 fully saturated rings. The number of carboxylic acid groups (broad SMARTS) is 1. The lowest BCUT2D eigenvalue weighted by atomic mass is 10.1. The number of rotatable bonds is 5. The van der Waals surface area contributed by atoms with Crippen LogP contribution in [-0.2, 0) is 4.79 Å². The van der Waals surface area contributed by atoms with E-state index in [9.17, 15) is 14.4 Å². The number of aromatic amines is 1. The summed E-state index contributed by atoms with van der Waals surface area (Å²) in [6.45, 7) is 4.99. The van der Waals surface area contributed by atoms with Crippen LogP contribution in [0.1, 0.15) is 35.0 Å². The first-order valence-corrected chi connectivity index (χ1v) is 6.09. The van der Waals surface area contributed by atoms with Crippen molar-refractivity contribution < 1.29 is 14.7 Å². The number of H-pyrrole nitrogens is 1. The Bertz CT molecular complexity index is 604. The number of hydrogen-bond donors (Lipinski definition) is 3. The summed E-state index contributed by atoms with van der Waals surface area (Å²) in [6.07, 6.45) is 3.48. The van der Waals surface area contributed by atoms with Crippen molar-refractivity contribution in [1.82, 2.24) is 15.5 Å². The normalized spacial score (nSPS) is 12.3. The molecule has 0 aromatic carbocycles. The van der Waals surface area contributed by atoms with Crippen LogP contribution in [0, 0.1) is 13.8 Å². The fourth-order valence-electron chi connectivity index (χ4n) is 1.62. The van der Waals surface area contributed by atoms with Crippen LogP contribution in [0.4, 0.5) is 0 Å². The largest absolute Gasteiger partial charge is 0.480 e. The third-order valence-corrected chi connectivity index (χ3v) is 2.91. The molecule has 1 atom stereocenters. The van der Waals surface area contributed by atoms with Gasteiger partial charge in [0.2, 0.25) is 0 Å². The number of amides is 1. The van der Waals surface area contributed by atoms with E-state index in [0.29, 0.717) is 11.3 Å². The van der Waals surface area contributed by atoms with E-state index in [1.807, 2.05) is 0 Å². The summed E-state index contributed by atoms with van der Waals surface area (Å²) in [5, 5.41) is 17.3. The summed E-state index contributed by atoms with van der Waals surface area (Å²) in [7, 11) is 0. The first-order chi connectivity index (χ1) is 9.38. The zero-order valence-corrected chi connectivity index (χ0v) is 11.6. The maximum atomic E-state index is 12.1. The minimum Gasteiger partial charge on any atom is -0.480 e. The molecular formula is C13H17N3O4. The highest BCUT2D eigenvalue weighted by Gasteiger charge is 2.23. The van der Waals surface area contributed by atoms with Crippen LogP contribution in [0.15, 0.2) is 16.9 Å². The third kappa shape index (κ3) is 3.53. The molecule has 0 aliphatic heterocycles. The molecule has 1 unspecified atom stereocenters. The molecule has 7 nitrogen and oxygen atoms in total. The molecule has 1 rings (SSSR count). The minimum atomic E-state index is -1.16. The van der Waals surface area contributed by atoms with Gasteiger partial charge in [-0.3, -0.25) is 9.59 Å². The lowest BCUT2D eigenvalue weighted by Gasteiger charge is -2.13. The molecule has 1 amide bonds. The van der Waals surface area contributed by atoms with Gasteiger partial charge in [0.15, 0.2) is 0 Å². The van der Waals surface area contributed by atoms with Crippen LogP contribution < -0.4 is 10.9 Å². The van der Waals surface area contributed by atoms with E-state index < -0.39 is 23.5 Å². The van der Waals surface area contributed by atoms with Gasteiger partial charge in [0.1, 0.15) is 11.6 Å². The Kier molecular flexibility index (Phi) is 5.19. The van der Waals surface area contributed by atoms with Crippen LogP contribution >= 0.6 is 0 Å². The van der Waals surface area contributed by atoms with E-state index in [0.717, 1.165) is 0 Å². The van der Waals surface area contributed by atoms with Crippen molar-refractivity contribution in [3.05, 3.63) is 39.3 Å². The second kappa shape index (κ2) is 6.65. The number of carboxylic acids is 1. The summed E-state index contributed by atoms with van der Waals surface area (Å²) in [4.78, 5) is 34.8. The van der Waals surface area contributed by atoms with Gasteiger partial charge in [-0.15, -0.1) is 0 Å². The Morgan fingerprint density at radius 3 is 2.65 bits per heavy atom. The minimum absolute atomic E-state index is 0.107. The van der Waals surface area contributed by atoms with Crippen LogP contribution in [0.25, 0.3) is 0 Å². The van der Waals surface area contributed by atoms with Crippen molar-refractivity contribution in [1.29, 1.82) is 0 Å². The molecule has 0 aliphatic rings. The fourth-order valence-corrected chi connectivity index (χ4v) is 1.62. The zero-order chi connectivity index (χ0) is 15.3. The highest BCUT2D eigenvalue weighted by atomic mass is 16.4. The molecule has 3 N–H and O–H groups in total. The SMILES string of the molecule is C/C=C/CC(NC(=O)c1c(C)c(C)n[nH]c1=O)C(=O)O. The topological polar surface area (TPSA) is 112 Å². The molecule has 1 aromatic rings. The average molecular weight is 279 g/mol. The molecule has 1 aromatic heterocycles. The molecule has 0 saturated heterocycles. The van der Waals surface area contributed by atoms with Crippen molar-refractivity contribution in [2.75, 3.05) is 0 Å². The Hall–Kier alpha value is -2.44. The van der Waals surface area contributed by atoms with Gasteiger partial charge in [-0.2, -0.15) is 5.10 Å². The Morgan fingerprint density at radius 2 is 2.10 bits per heavy atom. The van der Waals surface area contributed by atoms with E-state index >= 15 is 0 Å². The molecule has 0 bridgehead atoms. The summed E-state index contributed by atoms with van der Waals surface area (Å²) >= 11 is 0. The number of nitrogens with zero attached hydrogens (tertiary/aromatic N) is 1.